The van der Waals surface area contributed by atoms with Gasteiger partial charge in [0, 0.05) is 38.5 Å². The molecule has 88 heavy (non-hydrogen) atoms. The van der Waals surface area contributed by atoms with Crippen LogP contribution in [-0.4, -0.2) is 46.9 Å². The summed E-state index contributed by atoms with van der Waals surface area (Å²) in [6.45, 7) is 45.3. The maximum absolute atomic E-state index is 14.9. The normalized spacial score (nSPS) is 14.2. The molecular weight excluding hydrogens is 1140 g/mol. The first-order chi connectivity index (χ1) is 40.5. The van der Waals surface area contributed by atoms with Gasteiger partial charge in [0.05, 0.1) is 26.4 Å². The number of benzene rings is 6. The van der Waals surface area contributed by atoms with Crippen LogP contribution in [0.4, 0.5) is 0 Å². The van der Waals surface area contributed by atoms with Crippen LogP contribution in [0, 0.1) is 0 Å². The first-order valence-corrected chi connectivity index (χ1v) is 34.3. The first kappa shape index (κ1) is 69.9. The number of phenolic OH excluding ortho intramolecular Hbond substituents is 4. The highest BCUT2D eigenvalue weighted by molar-refractivity contribution is 7.49. The number of phosphoric acid groups is 2. The zero-order chi connectivity index (χ0) is 65.7. The molecule has 0 heterocycles. The van der Waals surface area contributed by atoms with Crippen LogP contribution in [0.5, 0.6) is 34.5 Å². The van der Waals surface area contributed by atoms with Gasteiger partial charge in [0.15, 0.2) is 0 Å². The number of hydrogen-bond acceptors (Lipinski definition) is 12. The lowest BCUT2D eigenvalue weighted by atomic mass is 9.79. The molecule has 12 bridgehead atoms. The second kappa shape index (κ2) is 26.0. The molecule has 14 heteroatoms. The van der Waals surface area contributed by atoms with E-state index in [0.717, 1.165) is 33.4 Å². The Balaban J connectivity index is 1.69. The predicted octanol–water partition coefficient (Wildman–Crippen LogP) is 19.3. The Morgan fingerprint density at radius 1 is 0.284 bits per heavy atom. The summed E-state index contributed by atoms with van der Waals surface area (Å²) < 4.78 is 66.7. The van der Waals surface area contributed by atoms with Gasteiger partial charge in [-0.05, 0) is 160 Å². The Hall–Kier alpha value is -5.58. The van der Waals surface area contributed by atoms with Crippen molar-refractivity contribution >= 4 is 15.6 Å². The molecule has 12 nitrogen and oxygen atoms in total. The third-order valence-corrected chi connectivity index (χ3v) is 19.7. The van der Waals surface area contributed by atoms with E-state index >= 15 is 0 Å². The second-order valence-electron chi connectivity index (χ2n) is 30.1. The van der Waals surface area contributed by atoms with Crippen LogP contribution in [0.3, 0.4) is 0 Å². The number of rotatable bonds is 12. The average molecular weight is 1250 g/mol. The van der Waals surface area contributed by atoms with Gasteiger partial charge in [-0.2, -0.15) is 0 Å². The van der Waals surface area contributed by atoms with E-state index in [4.69, 9.17) is 27.1 Å². The molecule has 7 rings (SSSR count). The van der Waals surface area contributed by atoms with E-state index in [1.165, 1.54) is 0 Å². The number of aromatic hydroxyl groups is 4. The molecule has 1 aliphatic carbocycles. The number of hydrogen-bond donors (Lipinski definition) is 4. The van der Waals surface area contributed by atoms with Crippen LogP contribution in [0.2, 0.25) is 0 Å². The number of phenols is 4. The molecule has 0 fully saturated rings. The van der Waals surface area contributed by atoms with Gasteiger partial charge in [-0.3, -0.25) is 18.1 Å². The Kier molecular flexibility index (Phi) is 20.6. The fraction of sp³-hybridized carbons (Fsp3) is 0.514. The van der Waals surface area contributed by atoms with Gasteiger partial charge in [-0.25, -0.2) is 9.13 Å². The van der Waals surface area contributed by atoms with E-state index < -0.39 is 48.1 Å². The molecule has 0 saturated carbocycles. The molecule has 0 amide bonds. The van der Waals surface area contributed by atoms with Gasteiger partial charge in [0.25, 0.3) is 0 Å². The highest BCUT2D eigenvalue weighted by Gasteiger charge is 2.36. The topological polar surface area (TPSA) is 170 Å². The molecule has 480 valence electrons. The molecule has 6 aromatic carbocycles. The molecule has 6 aromatic rings. The summed E-state index contributed by atoms with van der Waals surface area (Å²) in [6, 6.07) is 24.3. The fourth-order valence-electron chi connectivity index (χ4n) is 11.3. The third-order valence-electron chi connectivity index (χ3n) is 16.6. The van der Waals surface area contributed by atoms with Crippen molar-refractivity contribution in [2.75, 3.05) is 26.4 Å². The van der Waals surface area contributed by atoms with Gasteiger partial charge in [0.2, 0.25) is 0 Å². The highest BCUT2D eigenvalue weighted by atomic mass is 31.2. The van der Waals surface area contributed by atoms with Crippen LogP contribution < -0.4 is 9.05 Å². The highest BCUT2D eigenvalue weighted by Crippen LogP contribution is 2.55. The quantitative estimate of drug-likeness (QED) is 0.0855. The van der Waals surface area contributed by atoms with Crippen LogP contribution in [0.25, 0.3) is 0 Å². The Bertz CT molecular complexity index is 3200. The van der Waals surface area contributed by atoms with Crippen LogP contribution in [0.15, 0.2) is 72.8 Å². The first-order valence-electron chi connectivity index (χ1n) is 31.4. The molecular formula is C74H102O12P2. The van der Waals surface area contributed by atoms with E-state index in [9.17, 15) is 29.6 Å². The summed E-state index contributed by atoms with van der Waals surface area (Å²) in [6.07, 6.45) is 0.703. The minimum Gasteiger partial charge on any atom is -0.507 e. The molecule has 0 aliphatic heterocycles. The van der Waals surface area contributed by atoms with Crippen molar-refractivity contribution < 1.29 is 56.7 Å². The summed E-state index contributed by atoms with van der Waals surface area (Å²) in [7, 11) is -8.59. The molecule has 0 radical (unpaired) electrons. The molecule has 1 aliphatic rings. The van der Waals surface area contributed by atoms with Gasteiger partial charge in [0.1, 0.15) is 34.5 Å². The largest absolute Gasteiger partial charge is 0.530 e. The van der Waals surface area contributed by atoms with Gasteiger partial charge >= 0.3 is 15.6 Å². The van der Waals surface area contributed by atoms with Gasteiger partial charge in [-0.1, -0.05) is 197 Å². The van der Waals surface area contributed by atoms with E-state index in [0.29, 0.717) is 66.8 Å². The van der Waals surface area contributed by atoms with Crippen LogP contribution in [0.1, 0.15) is 252 Å². The lowest BCUT2D eigenvalue weighted by Crippen LogP contribution is -2.16. The van der Waals surface area contributed by atoms with Gasteiger partial charge < -0.3 is 29.5 Å². The summed E-state index contributed by atoms with van der Waals surface area (Å²) in [4.78, 5) is 0. The zero-order valence-electron chi connectivity index (χ0n) is 56.9. The van der Waals surface area contributed by atoms with Crippen molar-refractivity contribution in [2.24, 2.45) is 0 Å². The van der Waals surface area contributed by atoms with Crippen molar-refractivity contribution in [1.82, 2.24) is 0 Å². The summed E-state index contributed by atoms with van der Waals surface area (Å²) in [5.74, 6) is 0.599. The summed E-state index contributed by atoms with van der Waals surface area (Å²) >= 11 is 0. The van der Waals surface area contributed by atoms with E-state index in [-0.39, 0.29) is 99.4 Å². The minimum atomic E-state index is -4.29. The zero-order valence-corrected chi connectivity index (χ0v) is 58.7. The summed E-state index contributed by atoms with van der Waals surface area (Å²) in [5, 5.41) is 51.9. The van der Waals surface area contributed by atoms with E-state index in [2.05, 4.69) is 125 Å². The average Bonchev–Trinajstić information content (AvgIpc) is 0.846. The Labute approximate surface area is 527 Å². The maximum Gasteiger partial charge on any atom is 0.530 e. The Morgan fingerprint density at radius 3 is 0.557 bits per heavy atom. The number of fused-ring (bicyclic) bond motifs is 12. The van der Waals surface area contributed by atoms with Crippen molar-refractivity contribution in [1.29, 1.82) is 0 Å². The smallest absolute Gasteiger partial charge is 0.507 e. The minimum absolute atomic E-state index is 0.0260. The Morgan fingerprint density at radius 2 is 0.420 bits per heavy atom. The standard InChI is InChI=1S/C74H102O12P2/c1-23-81-87(79,82-24-2)85-67-53-29-49-37-57(69(5,6)7)33-45(63(49)75)27-47-35-59(71(11,12)13)39-51(65(47)77)31-55-43-62(74(20,21)22)44-56(68(55)86-88(80,83-25-3)84-26-4)32-52-40-60(72(14,15)16)36-48(66(52)78)28-46-34-58(70(8,9)10)38-50(64(46)76)30-54(67)42-61(41-53)73(17,18)19/h33-44,75-78H,23-32H2,1-22H3. The molecule has 0 spiro atoms. The second-order valence-corrected chi connectivity index (χ2v) is 33.3. The monoisotopic (exact) mass is 1240 g/mol. The molecule has 4 N–H and O–H groups in total. The van der Waals surface area contributed by atoms with Gasteiger partial charge in [-0.15, -0.1) is 0 Å². The fourth-order valence-corrected chi connectivity index (χ4v) is 13.8. The summed E-state index contributed by atoms with van der Waals surface area (Å²) in [5.41, 5.74) is 10.2. The van der Waals surface area contributed by atoms with E-state index in [1.807, 2.05) is 72.8 Å². The van der Waals surface area contributed by atoms with Crippen molar-refractivity contribution in [3.05, 3.63) is 173 Å². The number of phosphoric ester groups is 2. The molecule has 0 saturated heterocycles. The van der Waals surface area contributed by atoms with Crippen molar-refractivity contribution in [2.45, 2.75) is 223 Å². The van der Waals surface area contributed by atoms with Crippen molar-refractivity contribution in [3.63, 3.8) is 0 Å². The molecule has 0 unspecified atom stereocenters. The third kappa shape index (κ3) is 16.3. The molecule has 0 aromatic heterocycles. The lowest BCUT2D eigenvalue weighted by molar-refractivity contribution is 0.165. The van der Waals surface area contributed by atoms with E-state index in [1.54, 1.807) is 27.7 Å². The lowest BCUT2D eigenvalue weighted by Gasteiger charge is -2.28. The van der Waals surface area contributed by atoms with Crippen LogP contribution in [-0.2, 0) is 98.2 Å². The SMILES string of the molecule is CCOP(=O)(OCC)Oc1c2cc(C(C)(C)C)cc1Cc1cc(C(C)(C)C)cc(c1O)Cc1cc(C(C)(C)C)cc(c1O)Cc1cc(C(C)(C)C)cc(c1OP(=O)(OCC)OCC)Cc1cc(C(C)(C)C)cc(c1O)Cc1cc(C(C)(C)C)cc(c1O)C2. The van der Waals surface area contributed by atoms with Crippen molar-refractivity contribution in [3.8, 4) is 34.5 Å². The van der Waals surface area contributed by atoms with Crippen LogP contribution >= 0.6 is 15.6 Å². The predicted molar refractivity (Wildman–Crippen MR) is 357 cm³/mol. The maximum atomic E-state index is 14.9. The molecule has 0 atom stereocenters.